The van der Waals surface area contributed by atoms with Gasteiger partial charge in [-0.1, -0.05) is 42.5 Å². The van der Waals surface area contributed by atoms with E-state index in [0.717, 1.165) is 31.2 Å². The normalized spacial score (nSPS) is 20.2. The smallest absolute Gasteiger partial charge is 0.118 e. The lowest BCUT2D eigenvalue weighted by molar-refractivity contribution is -0.661. The summed E-state index contributed by atoms with van der Waals surface area (Å²) in [7, 11) is 1.72. The molecule has 3 heteroatoms. The van der Waals surface area contributed by atoms with Crippen molar-refractivity contribution in [3.8, 4) is 5.75 Å². The molecule has 1 saturated heterocycles. The summed E-state index contributed by atoms with van der Waals surface area (Å²) in [6.45, 7) is 7.69. The predicted molar refractivity (Wildman–Crippen MR) is 110 cm³/mol. The van der Waals surface area contributed by atoms with Crippen LogP contribution in [0, 0.1) is 5.92 Å². The molecule has 0 saturated carbocycles. The zero-order valence-corrected chi connectivity index (χ0v) is 17.0. The van der Waals surface area contributed by atoms with Crippen molar-refractivity contribution in [2.75, 3.05) is 26.8 Å². The summed E-state index contributed by atoms with van der Waals surface area (Å²) in [6.07, 6.45) is 3.51. The Kier molecular flexibility index (Phi) is 6.92. The summed E-state index contributed by atoms with van der Waals surface area (Å²) in [5.41, 5.74) is 2.80. The van der Waals surface area contributed by atoms with Crippen molar-refractivity contribution >= 4 is 0 Å². The molecule has 1 aliphatic heterocycles. The summed E-state index contributed by atoms with van der Waals surface area (Å²) in [5.74, 6) is 2.11. The fraction of sp³-hybridized carbons (Fsp3) is 0.500. The van der Waals surface area contributed by atoms with Crippen molar-refractivity contribution in [3.05, 3.63) is 65.7 Å². The number of quaternary nitrogens is 1. The molecule has 0 aliphatic carbocycles. The summed E-state index contributed by atoms with van der Waals surface area (Å²) >= 11 is 0. The average Bonchev–Trinajstić information content (AvgIpc) is 2.68. The molecular formula is C24H34NO2+. The van der Waals surface area contributed by atoms with Crippen LogP contribution in [0.15, 0.2) is 54.6 Å². The van der Waals surface area contributed by atoms with E-state index >= 15 is 0 Å². The number of nitrogens with two attached hydrogens (primary N) is 1. The summed E-state index contributed by atoms with van der Waals surface area (Å²) in [4.78, 5) is 0. The summed E-state index contributed by atoms with van der Waals surface area (Å²) in [5, 5.41) is 2.51. The first-order valence-corrected chi connectivity index (χ1v) is 10.2. The van der Waals surface area contributed by atoms with Gasteiger partial charge in [0.2, 0.25) is 0 Å². The highest BCUT2D eigenvalue weighted by molar-refractivity contribution is 5.35. The zero-order valence-electron chi connectivity index (χ0n) is 17.0. The Bertz CT molecular complexity index is 681. The molecule has 0 bridgehead atoms. The second-order valence-electron chi connectivity index (χ2n) is 8.31. The van der Waals surface area contributed by atoms with E-state index in [0.29, 0.717) is 5.92 Å². The van der Waals surface area contributed by atoms with E-state index in [1.165, 1.54) is 30.5 Å². The Balaban J connectivity index is 1.58. The summed E-state index contributed by atoms with van der Waals surface area (Å²) < 4.78 is 11.2. The average molecular weight is 369 g/mol. The van der Waals surface area contributed by atoms with Crippen molar-refractivity contribution in [2.45, 2.75) is 44.6 Å². The van der Waals surface area contributed by atoms with E-state index in [1.807, 2.05) is 0 Å². The van der Waals surface area contributed by atoms with Gasteiger partial charge in [0.15, 0.2) is 0 Å². The van der Waals surface area contributed by atoms with Gasteiger partial charge in [-0.25, -0.2) is 0 Å². The molecule has 0 spiro atoms. The van der Waals surface area contributed by atoms with Crippen LogP contribution < -0.4 is 10.1 Å². The lowest BCUT2D eigenvalue weighted by atomic mass is 9.87. The van der Waals surface area contributed by atoms with Crippen molar-refractivity contribution in [1.82, 2.24) is 0 Å². The number of benzene rings is 2. The van der Waals surface area contributed by atoms with Crippen LogP contribution in [0.1, 0.15) is 50.2 Å². The van der Waals surface area contributed by atoms with Gasteiger partial charge in [0.25, 0.3) is 0 Å². The molecule has 2 aromatic carbocycles. The highest BCUT2D eigenvalue weighted by Gasteiger charge is 2.29. The van der Waals surface area contributed by atoms with E-state index in [4.69, 9.17) is 9.47 Å². The SMILES string of the molecule is COc1ccc([C@@H](CC[NH2+]C[C@H]2CCOC(C)(C)C2)c2ccccc2)cc1. The van der Waals surface area contributed by atoms with Gasteiger partial charge in [-0.15, -0.1) is 0 Å². The molecule has 0 aromatic heterocycles. The molecule has 1 heterocycles. The predicted octanol–water partition coefficient (Wildman–Crippen LogP) is 3.99. The molecule has 3 nitrogen and oxygen atoms in total. The maximum atomic E-state index is 5.85. The molecule has 0 radical (unpaired) electrons. The molecule has 1 fully saturated rings. The lowest BCUT2D eigenvalue weighted by Crippen LogP contribution is -2.86. The number of ether oxygens (including phenoxy) is 2. The molecule has 3 rings (SSSR count). The molecule has 0 amide bonds. The molecular weight excluding hydrogens is 334 g/mol. The van der Waals surface area contributed by atoms with Crippen molar-refractivity contribution < 1.29 is 14.8 Å². The van der Waals surface area contributed by atoms with Crippen LogP contribution in [0.3, 0.4) is 0 Å². The van der Waals surface area contributed by atoms with E-state index in [1.54, 1.807) is 7.11 Å². The van der Waals surface area contributed by atoms with E-state index in [-0.39, 0.29) is 5.60 Å². The fourth-order valence-electron chi connectivity index (χ4n) is 4.24. The first kappa shape index (κ1) is 19.9. The third kappa shape index (κ3) is 5.82. The monoisotopic (exact) mass is 368 g/mol. The molecule has 146 valence electrons. The number of methoxy groups -OCH3 is 1. The zero-order chi connectivity index (χ0) is 19.1. The highest BCUT2D eigenvalue weighted by atomic mass is 16.5. The standard InChI is InChI=1S/C24H33NO2/c1-24(2)17-19(14-16-27-24)18-25-15-13-23(20-7-5-4-6-8-20)21-9-11-22(26-3)12-10-21/h4-12,19,23,25H,13-18H2,1-3H3/p+1/t19-,23-/m0/s1. The molecule has 2 aromatic rings. The molecule has 2 atom stereocenters. The quantitative estimate of drug-likeness (QED) is 0.715. The minimum Gasteiger partial charge on any atom is -0.497 e. The lowest BCUT2D eigenvalue weighted by Gasteiger charge is -2.34. The second-order valence-corrected chi connectivity index (χ2v) is 8.31. The largest absolute Gasteiger partial charge is 0.497 e. The van der Waals surface area contributed by atoms with Crippen molar-refractivity contribution in [3.63, 3.8) is 0 Å². The first-order chi connectivity index (χ1) is 13.1. The number of hydrogen-bond acceptors (Lipinski definition) is 2. The first-order valence-electron chi connectivity index (χ1n) is 10.2. The number of hydrogen-bond donors (Lipinski definition) is 1. The Morgan fingerprint density at radius 2 is 1.78 bits per heavy atom. The van der Waals surface area contributed by atoms with Crippen molar-refractivity contribution in [1.29, 1.82) is 0 Å². The third-order valence-corrected chi connectivity index (χ3v) is 5.68. The Morgan fingerprint density at radius 1 is 1.07 bits per heavy atom. The number of rotatable bonds is 8. The van der Waals surface area contributed by atoms with Gasteiger partial charge in [0.1, 0.15) is 5.75 Å². The van der Waals surface area contributed by atoms with Crippen molar-refractivity contribution in [2.24, 2.45) is 5.92 Å². The van der Waals surface area contributed by atoms with E-state index in [9.17, 15) is 0 Å². The van der Waals surface area contributed by atoms with Gasteiger partial charge < -0.3 is 14.8 Å². The van der Waals surface area contributed by atoms with Gasteiger partial charge >= 0.3 is 0 Å². The van der Waals surface area contributed by atoms with E-state index in [2.05, 4.69) is 73.8 Å². The molecule has 2 N–H and O–H groups in total. The Hall–Kier alpha value is -1.84. The topological polar surface area (TPSA) is 35.1 Å². The maximum absolute atomic E-state index is 5.85. The van der Waals surface area contributed by atoms with Gasteiger partial charge in [0.05, 0.1) is 25.8 Å². The fourth-order valence-corrected chi connectivity index (χ4v) is 4.24. The third-order valence-electron chi connectivity index (χ3n) is 5.68. The van der Waals surface area contributed by atoms with Gasteiger partial charge in [-0.3, -0.25) is 0 Å². The Morgan fingerprint density at radius 3 is 2.44 bits per heavy atom. The van der Waals surface area contributed by atoms with Crippen LogP contribution in [0.4, 0.5) is 0 Å². The maximum Gasteiger partial charge on any atom is 0.118 e. The molecule has 0 unspecified atom stereocenters. The molecule has 1 aliphatic rings. The molecule has 27 heavy (non-hydrogen) atoms. The Labute approximate surface area is 164 Å². The van der Waals surface area contributed by atoms with Crippen LogP contribution in [-0.4, -0.2) is 32.4 Å². The minimum atomic E-state index is 0.0480. The summed E-state index contributed by atoms with van der Waals surface area (Å²) in [6, 6.07) is 19.4. The van der Waals surface area contributed by atoms with Crippen LogP contribution >= 0.6 is 0 Å². The van der Waals surface area contributed by atoms with Crippen LogP contribution in [0.25, 0.3) is 0 Å². The second kappa shape index (κ2) is 9.38. The highest BCUT2D eigenvalue weighted by Crippen LogP contribution is 2.29. The van der Waals surface area contributed by atoms with Gasteiger partial charge in [-0.05, 0) is 49.9 Å². The van der Waals surface area contributed by atoms with Gasteiger partial charge in [0, 0.05) is 24.9 Å². The minimum absolute atomic E-state index is 0.0480. The van der Waals surface area contributed by atoms with Crippen LogP contribution in [0.2, 0.25) is 0 Å². The van der Waals surface area contributed by atoms with Crippen LogP contribution in [0.5, 0.6) is 5.75 Å². The van der Waals surface area contributed by atoms with Gasteiger partial charge in [-0.2, -0.15) is 0 Å². The van der Waals surface area contributed by atoms with Crippen LogP contribution in [-0.2, 0) is 4.74 Å². The van der Waals surface area contributed by atoms with E-state index < -0.39 is 0 Å².